The summed E-state index contributed by atoms with van der Waals surface area (Å²) in [5.41, 5.74) is 0.227. The zero-order valence-electron chi connectivity index (χ0n) is 12.7. The number of benzene rings is 1. The molecule has 1 aromatic carbocycles. The average Bonchev–Trinajstić information content (AvgIpc) is 3.05. The summed E-state index contributed by atoms with van der Waals surface area (Å²) in [5, 5.41) is 14.2. The molecule has 0 saturated carbocycles. The smallest absolute Gasteiger partial charge is 0.270 e. The molecule has 23 heavy (non-hydrogen) atoms. The van der Waals surface area contributed by atoms with E-state index in [-0.39, 0.29) is 16.6 Å². The molecule has 8 heteroatoms. The highest BCUT2D eigenvalue weighted by Crippen LogP contribution is 2.26. The highest BCUT2D eigenvalue weighted by molar-refractivity contribution is 6.34. The van der Waals surface area contributed by atoms with Crippen LogP contribution in [0.4, 0.5) is 5.69 Å². The summed E-state index contributed by atoms with van der Waals surface area (Å²) in [4.78, 5) is 27.1. The van der Waals surface area contributed by atoms with Crippen molar-refractivity contribution in [2.45, 2.75) is 12.5 Å². The van der Waals surface area contributed by atoms with E-state index in [4.69, 9.17) is 11.6 Å². The Morgan fingerprint density at radius 2 is 2.04 bits per heavy atom. The second-order valence-electron chi connectivity index (χ2n) is 5.90. The lowest BCUT2D eigenvalue weighted by molar-refractivity contribution is -0.384. The third-order valence-corrected chi connectivity index (χ3v) is 4.83. The zero-order valence-corrected chi connectivity index (χ0v) is 13.5. The number of hydrogen-bond donors (Lipinski definition) is 1. The van der Waals surface area contributed by atoms with Gasteiger partial charge in [-0.2, -0.15) is 0 Å². The molecule has 0 spiro atoms. The molecule has 0 aliphatic carbocycles. The van der Waals surface area contributed by atoms with Crippen LogP contribution in [0.15, 0.2) is 18.2 Å². The van der Waals surface area contributed by atoms with Crippen molar-refractivity contribution >= 4 is 23.2 Å². The van der Waals surface area contributed by atoms with Gasteiger partial charge in [-0.3, -0.25) is 19.8 Å². The van der Waals surface area contributed by atoms with Crippen LogP contribution in [0.2, 0.25) is 5.02 Å². The SMILES string of the molecule is O=C(c1ccc([N+](=O)[O-])cc1Cl)N1CCC(N2CCNCC2)C1. The van der Waals surface area contributed by atoms with E-state index in [2.05, 4.69) is 10.2 Å². The van der Waals surface area contributed by atoms with E-state index in [1.54, 1.807) is 4.90 Å². The molecule has 2 aliphatic rings. The first-order chi connectivity index (χ1) is 11.1. The van der Waals surface area contributed by atoms with Crippen molar-refractivity contribution < 1.29 is 9.72 Å². The molecule has 2 saturated heterocycles. The molecule has 2 fully saturated rings. The minimum Gasteiger partial charge on any atom is -0.337 e. The molecule has 1 aromatic rings. The first kappa shape index (κ1) is 16.2. The van der Waals surface area contributed by atoms with Gasteiger partial charge in [0.1, 0.15) is 0 Å². The molecule has 1 atom stereocenters. The van der Waals surface area contributed by atoms with Crippen molar-refractivity contribution in [2.75, 3.05) is 39.3 Å². The number of rotatable bonds is 3. The number of nitrogens with one attached hydrogen (secondary N) is 1. The van der Waals surface area contributed by atoms with Gasteiger partial charge in [0, 0.05) is 57.4 Å². The highest BCUT2D eigenvalue weighted by Gasteiger charge is 2.32. The van der Waals surface area contributed by atoms with E-state index >= 15 is 0 Å². The first-order valence-electron chi connectivity index (χ1n) is 7.74. The van der Waals surface area contributed by atoms with Gasteiger partial charge in [-0.25, -0.2) is 0 Å². The van der Waals surface area contributed by atoms with E-state index < -0.39 is 4.92 Å². The minimum atomic E-state index is -0.517. The summed E-state index contributed by atoms with van der Waals surface area (Å²) >= 11 is 6.06. The Morgan fingerprint density at radius 3 is 2.70 bits per heavy atom. The quantitative estimate of drug-likeness (QED) is 0.665. The van der Waals surface area contributed by atoms with Crippen molar-refractivity contribution in [3.63, 3.8) is 0 Å². The number of hydrogen-bond acceptors (Lipinski definition) is 5. The zero-order chi connectivity index (χ0) is 16.4. The summed E-state index contributed by atoms with van der Waals surface area (Å²) in [6.07, 6.45) is 0.955. The average molecular weight is 339 g/mol. The number of carbonyl (C=O) groups excluding carboxylic acids is 1. The maximum absolute atomic E-state index is 12.6. The third-order valence-electron chi connectivity index (χ3n) is 4.51. The van der Waals surface area contributed by atoms with E-state index in [9.17, 15) is 14.9 Å². The molecule has 0 aromatic heterocycles. The Morgan fingerprint density at radius 1 is 1.30 bits per heavy atom. The molecule has 0 bridgehead atoms. The minimum absolute atomic E-state index is 0.105. The Kier molecular flexibility index (Phi) is 4.79. The Labute approximate surface area is 139 Å². The number of nitrogens with zero attached hydrogens (tertiary/aromatic N) is 3. The molecule has 2 aliphatic heterocycles. The maximum Gasteiger partial charge on any atom is 0.270 e. The van der Waals surface area contributed by atoms with Gasteiger partial charge in [0.25, 0.3) is 11.6 Å². The maximum atomic E-state index is 12.6. The van der Waals surface area contributed by atoms with E-state index in [0.717, 1.165) is 32.6 Å². The number of piperazine rings is 1. The van der Waals surface area contributed by atoms with Crippen LogP contribution in [0.25, 0.3) is 0 Å². The summed E-state index contributed by atoms with van der Waals surface area (Å²) in [6, 6.07) is 4.39. The molecule has 2 heterocycles. The number of likely N-dealkylation sites (tertiary alicyclic amines) is 1. The lowest BCUT2D eigenvalue weighted by Gasteiger charge is -2.32. The molecule has 1 amide bonds. The summed E-state index contributed by atoms with van der Waals surface area (Å²) in [5.74, 6) is -0.150. The fourth-order valence-electron chi connectivity index (χ4n) is 3.23. The number of halogens is 1. The van der Waals surface area contributed by atoms with Crippen molar-refractivity contribution in [3.8, 4) is 0 Å². The lowest BCUT2D eigenvalue weighted by Crippen LogP contribution is -2.49. The number of amides is 1. The second-order valence-corrected chi connectivity index (χ2v) is 6.31. The van der Waals surface area contributed by atoms with Gasteiger partial charge < -0.3 is 10.2 Å². The molecule has 124 valence electrons. The van der Waals surface area contributed by atoms with Gasteiger partial charge >= 0.3 is 0 Å². The molecule has 1 unspecified atom stereocenters. The van der Waals surface area contributed by atoms with Gasteiger partial charge in [-0.1, -0.05) is 11.6 Å². The Hall–Kier alpha value is -1.70. The van der Waals surface area contributed by atoms with Crippen LogP contribution in [0, 0.1) is 10.1 Å². The standard InChI is InChI=1S/C15H19ClN4O3/c16-14-9-11(20(22)23)1-2-13(14)15(21)19-6-3-12(10-19)18-7-4-17-5-8-18/h1-2,9,12,17H,3-8,10H2. The normalized spacial score (nSPS) is 22.3. The molecule has 0 radical (unpaired) electrons. The third kappa shape index (κ3) is 3.46. The van der Waals surface area contributed by atoms with Crippen LogP contribution in [0.1, 0.15) is 16.8 Å². The summed E-state index contributed by atoms with van der Waals surface area (Å²) < 4.78 is 0. The Bertz CT molecular complexity index is 619. The number of nitro groups is 1. The van der Waals surface area contributed by atoms with Crippen LogP contribution in [0.3, 0.4) is 0 Å². The van der Waals surface area contributed by atoms with Crippen molar-refractivity contribution in [1.29, 1.82) is 0 Å². The number of nitro benzene ring substituents is 1. The van der Waals surface area contributed by atoms with Gasteiger partial charge in [0.15, 0.2) is 0 Å². The Balaban J connectivity index is 1.68. The first-order valence-corrected chi connectivity index (χ1v) is 8.12. The summed E-state index contributed by atoms with van der Waals surface area (Å²) in [6.45, 7) is 5.36. The van der Waals surface area contributed by atoms with E-state index in [1.807, 2.05) is 0 Å². The fraction of sp³-hybridized carbons (Fsp3) is 0.533. The van der Waals surface area contributed by atoms with Gasteiger partial charge in [0.05, 0.1) is 15.5 Å². The predicted molar refractivity (Wildman–Crippen MR) is 86.9 cm³/mol. The largest absolute Gasteiger partial charge is 0.337 e. The molecule has 3 rings (SSSR count). The molecular formula is C15H19ClN4O3. The van der Waals surface area contributed by atoms with Gasteiger partial charge in [-0.05, 0) is 12.5 Å². The molecular weight excluding hydrogens is 320 g/mol. The van der Waals surface area contributed by atoms with Crippen LogP contribution in [-0.4, -0.2) is 65.9 Å². The van der Waals surface area contributed by atoms with Crippen LogP contribution >= 0.6 is 11.6 Å². The predicted octanol–water partition coefficient (Wildman–Crippen LogP) is 1.37. The highest BCUT2D eigenvalue weighted by atomic mass is 35.5. The van der Waals surface area contributed by atoms with Crippen LogP contribution < -0.4 is 5.32 Å². The second kappa shape index (κ2) is 6.82. The number of non-ortho nitro benzene ring substituents is 1. The molecule has 1 N–H and O–H groups in total. The summed E-state index contributed by atoms with van der Waals surface area (Å²) in [7, 11) is 0. The van der Waals surface area contributed by atoms with Crippen molar-refractivity contribution in [3.05, 3.63) is 38.9 Å². The fourth-order valence-corrected chi connectivity index (χ4v) is 3.49. The van der Waals surface area contributed by atoms with Crippen LogP contribution in [-0.2, 0) is 0 Å². The van der Waals surface area contributed by atoms with Gasteiger partial charge in [-0.15, -0.1) is 0 Å². The monoisotopic (exact) mass is 338 g/mol. The van der Waals surface area contributed by atoms with Crippen molar-refractivity contribution in [2.24, 2.45) is 0 Å². The number of carbonyl (C=O) groups is 1. The van der Waals surface area contributed by atoms with E-state index in [0.29, 0.717) is 24.7 Å². The topological polar surface area (TPSA) is 78.7 Å². The van der Waals surface area contributed by atoms with E-state index in [1.165, 1.54) is 18.2 Å². The lowest BCUT2D eigenvalue weighted by atomic mass is 10.2. The molecule has 7 nitrogen and oxygen atoms in total. The van der Waals surface area contributed by atoms with Crippen molar-refractivity contribution in [1.82, 2.24) is 15.1 Å². The van der Waals surface area contributed by atoms with Gasteiger partial charge in [0.2, 0.25) is 0 Å². The van der Waals surface area contributed by atoms with Crippen LogP contribution in [0.5, 0.6) is 0 Å².